The third-order valence-electron chi connectivity index (χ3n) is 4.75. The first kappa shape index (κ1) is 19.9. The summed E-state index contributed by atoms with van der Waals surface area (Å²) in [5.74, 6) is -0.529. The highest BCUT2D eigenvalue weighted by molar-refractivity contribution is 6.04. The van der Waals surface area contributed by atoms with E-state index in [1.165, 1.54) is 36.4 Å². The van der Waals surface area contributed by atoms with E-state index in [4.69, 9.17) is 0 Å². The molecule has 2 aromatic rings. The number of alkyl halides is 3. The van der Waals surface area contributed by atoms with Crippen LogP contribution in [0.5, 0.6) is 0 Å². The first-order valence-corrected chi connectivity index (χ1v) is 8.99. The predicted molar refractivity (Wildman–Crippen MR) is 97.9 cm³/mol. The number of carbonyl (C=O) groups is 2. The molecule has 8 heteroatoms. The zero-order chi connectivity index (χ0) is 20.3. The minimum atomic E-state index is -4.60. The molecule has 1 aromatic heterocycles. The van der Waals surface area contributed by atoms with Gasteiger partial charge in [0.15, 0.2) is 0 Å². The molecule has 3 rings (SSSR count). The number of pyridine rings is 1. The normalized spacial score (nSPS) is 15.4. The van der Waals surface area contributed by atoms with Crippen LogP contribution in [0, 0.1) is 5.92 Å². The smallest absolute Gasteiger partial charge is 0.337 e. The van der Waals surface area contributed by atoms with Crippen LogP contribution in [-0.4, -0.2) is 34.8 Å². The number of para-hydroxylation sites is 1. The molecule has 0 atom stereocenters. The Morgan fingerprint density at radius 2 is 1.68 bits per heavy atom. The van der Waals surface area contributed by atoms with Gasteiger partial charge in [-0.2, -0.15) is 13.2 Å². The van der Waals surface area contributed by atoms with Crippen LogP contribution in [0.4, 0.5) is 18.9 Å². The van der Waals surface area contributed by atoms with Gasteiger partial charge < -0.3 is 10.2 Å². The standard InChI is InChI=1S/C20H20F3N3O2/c1-13-9-11-26(12-10-13)19(28)17-8-4-7-16(24-17)18(27)25-15-6-3-2-5-14(15)20(21,22)23/h2-8,13H,9-12H2,1H3,(H,25,27). The molecule has 1 N–H and O–H groups in total. The van der Waals surface area contributed by atoms with Crippen molar-refractivity contribution in [1.29, 1.82) is 0 Å². The second kappa shape index (κ2) is 8.00. The second-order valence-corrected chi connectivity index (χ2v) is 6.88. The second-order valence-electron chi connectivity index (χ2n) is 6.88. The monoisotopic (exact) mass is 391 g/mol. The lowest BCUT2D eigenvalue weighted by atomic mass is 9.99. The van der Waals surface area contributed by atoms with Gasteiger partial charge in [-0.05, 0) is 43.0 Å². The molecule has 0 saturated carbocycles. The first-order chi connectivity index (χ1) is 13.3. The lowest BCUT2D eigenvalue weighted by Crippen LogP contribution is -2.38. The van der Waals surface area contributed by atoms with Gasteiger partial charge in [0.25, 0.3) is 11.8 Å². The van der Waals surface area contributed by atoms with E-state index >= 15 is 0 Å². The number of benzene rings is 1. The van der Waals surface area contributed by atoms with Gasteiger partial charge in [-0.3, -0.25) is 9.59 Å². The van der Waals surface area contributed by atoms with E-state index in [9.17, 15) is 22.8 Å². The largest absolute Gasteiger partial charge is 0.418 e. The molecule has 1 aliphatic heterocycles. The molecule has 5 nitrogen and oxygen atoms in total. The number of nitrogens with zero attached hydrogens (tertiary/aromatic N) is 2. The molecule has 28 heavy (non-hydrogen) atoms. The summed E-state index contributed by atoms with van der Waals surface area (Å²) in [6, 6.07) is 9.06. The highest BCUT2D eigenvalue weighted by Crippen LogP contribution is 2.34. The fourth-order valence-corrected chi connectivity index (χ4v) is 3.08. The fraction of sp³-hybridized carbons (Fsp3) is 0.350. The molecular weight excluding hydrogens is 371 g/mol. The average molecular weight is 391 g/mol. The van der Waals surface area contributed by atoms with E-state index in [1.54, 1.807) is 4.90 Å². The number of carbonyl (C=O) groups excluding carboxylic acids is 2. The van der Waals surface area contributed by atoms with E-state index in [0.717, 1.165) is 18.9 Å². The van der Waals surface area contributed by atoms with Crippen molar-refractivity contribution < 1.29 is 22.8 Å². The minimum absolute atomic E-state index is 0.103. The topological polar surface area (TPSA) is 62.3 Å². The van der Waals surface area contributed by atoms with Gasteiger partial charge in [-0.25, -0.2) is 4.98 Å². The van der Waals surface area contributed by atoms with Crippen molar-refractivity contribution in [3.05, 3.63) is 59.4 Å². The molecule has 1 fully saturated rings. The quantitative estimate of drug-likeness (QED) is 0.852. The summed E-state index contributed by atoms with van der Waals surface area (Å²) in [4.78, 5) is 30.8. The summed E-state index contributed by atoms with van der Waals surface area (Å²) in [6.45, 7) is 3.37. The van der Waals surface area contributed by atoms with Crippen molar-refractivity contribution >= 4 is 17.5 Å². The Hall–Kier alpha value is -2.90. The van der Waals surface area contributed by atoms with Crippen molar-refractivity contribution in [3.63, 3.8) is 0 Å². The van der Waals surface area contributed by atoms with Crippen LogP contribution in [0.1, 0.15) is 46.3 Å². The number of amides is 2. The van der Waals surface area contributed by atoms with Gasteiger partial charge in [-0.1, -0.05) is 25.1 Å². The van der Waals surface area contributed by atoms with Crippen LogP contribution in [0.3, 0.4) is 0 Å². The van der Waals surface area contributed by atoms with Crippen LogP contribution in [0.2, 0.25) is 0 Å². The average Bonchev–Trinajstić information content (AvgIpc) is 2.68. The molecule has 1 saturated heterocycles. The van der Waals surface area contributed by atoms with E-state index in [-0.39, 0.29) is 23.0 Å². The van der Waals surface area contributed by atoms with Crippen molar-refractivity contribution in [2.45, 2.75) is 25.9 Å². The number of hydrogen-bond donors (Lipinski definition) is 1. The Kier molecular flexibility index (Phi) is 5.67. The number of rotatable bonds is 3. The number of piperidine rings is 1. The Morgan fingerprint density at radius 3 is 2.36 bits per heavy atom. The van der Waals surface area contributed by atoms with Crippen molar-refractivity contribution in [3.8, 4) is 0 Å². The van der Waals surface area contributed by atoms with Crippen molar-refractivity contribution in [1.82, 2.24) is 9.88 Å². The van der Waals surface area contributed by atoms with Gasteiger partial charge in [0.05, 0.1) is 11.3 Å². The highest BCUT2D eigenvalue weighted by Gasteiger charge is 2.33. The van der Waals surface area contributed by atoms with Crippen molar-refractivity contribution in [2.24, 2.45) is 5.92 Å². The summed E-state index contributed by atoms with van der Waals surface area (Å²) in [7, 11) is 0. The van der Waals surface area contributed by atoms with Gasteiger partial charge in [0.2, 0.25) is 0 Å². The number of likely N-dealkylation sites (tertiary alicyclic amines) is 1. The van der Waals surface area contributed by atoms with Crippen LogP contribution in [0.25, 0.3) is 0 Å². The zero-order valence-electron chi connectivity index (χ0n) is 15.3. The third kappa shape index (κ3) is 4.49. The number of nitrogens with one attached hydrogen (secondary N) is 1. The molecule has 0 bridgehead atoms. The van der Waals surface area contributed by atoms with E-state index < -0.39 is 17.6 Å². The Morgan fingerprint density at radius 1 is 1.04 bits per heavy atom. The SMILES string of the molecule is CC1CCN(C(=O)c2cccc(C(=O)Nc3ccccc3C(F)(F)F)n2)CC1. The molecule has 148 valence electrons. The highest BCUT2D eigenvalue weighted by atomic mass is 19.4. The molecule has 1 aromatic carbocycles. The Balaban J connectivity index is 1.77. The molecule has 1 aliphatic rings. The predicted octanol–water partition coefficient (Wildman–Crippen LogP) is 4.22. The summed E-state index contributed by atoms with van der Waals surface area (Å²) < 4.78 is 39.3. The summed E-state index contributed by atoms with van der Waals surface area (Å²) >= 11 is 0. The maximum absolute atomic E-state index is 13.1. The third-order valence-corrected chi connectivity index (χ3v) is 4.75. The van der Waals surface area contributed by atoms with Crippen LogP contribution < -0.4 is 5.32 Å². The maximum atomic E-state index is 13.1. The molecule has 2 amide bonds. The minimum Gasteiger partial charge on any atom is -0.337 e. The molecule has 0 spiro atoms. The Bertz CT molecular complexity index is 875. The van der Waals surface area contributed by atoms with Gasteiger partial charge in [0, 0.05) is 13.1 Å². The Labute approximate surface area is 160 Å². The summed E-state index contributed by atoms with van der Waals surface area (Å²) in [6.07, 6.45) is -2.79. The summed E-state index contributed by atoms with van der Waals surface area (Å²) in [5.41, 5.74) is -1.32. The van der Waals surface area contributed by atoms with Crippen molar-refractivity contribution in [2.75, 3.05) is 18.4 Å². The molecule has 0 unspecified atom stereocenters. The molecule has 2 heterocycles. The van der Waals surface area contributed by atoms with Gasteiger partial charge >= 0.3 is 6.18 Å². The molecule has 0 radical (unpaired) electrons. The fourth-order valence-electron chi connectivity index (χ4n) is 3.08. The summed E-state index contributed by atoms with van der Waals surface area (Å²) in [5, 5.41) is 2.24. The number of anilines is 1. The first-order valence-electron chi connectivity index (χ1n) is 8.99. The molecule has 0 aliphatic carbocycles. The van der Waals surface area contributed by atoms with Gasteiger partial charge in [-0.15, -0.1) is 0 Å². The number of hydrogen-bond acceptors (Lipinski definition) is 3. The lowest BCUT2D eigenvalue weighted by Gasteiger charge is -2.30. The lowest BCUT2D eigenvalue weighted by molar-refractivity contribution is -0.136. The number of halogens is 3. The van der Waals surface area contributed by atoms with Crippen LogP contribution >= 0.6 is 0 Å². The van der Waals surface area contributed by atoms with Crippen LogP contribution in [-0.2, 0) is 6.18 Å². The number of aromatic nitrogens is 1. The maximum Gasteiger partial charge on any atom is 0.418 e. The molecular formula is C20H20F3N3O2. The van der Waals surface area contributed by atoms with E-state index in [0.29, 0.717) is 19.0 Å². The van der Waals surface area contributed by atoms with E-state index in [2.05, 4.69) is 17.2 Å². The van der Waals surface area contributed by atoms with Crippen LogP contribution in [0.15, 0.2) is 42.5 Å². The van der Waals surface area contributed by atoms with Gasteiger partial charge in [0.1, 0.15) is 11.4 Å². The zero-order valence-corrected chi connectivity index (χ0v) is 15.3. The van der Waals surface area contributed by atoms with E-state index in [1.807, 2.05) is 0 Å².